The van der Waals surface area contributed by atoms with Gasteiger partial charge in [-0.3, -0.25) is 0 Å². The van der Waals surface area contributed by atoms with Gasteiger partial charge in [0.15, 0.2) is 0 Å². The van der Waals surface area contributed by atoms with E-state index < -0.39 is 0 Å². The summed E-state index contributed by atoms with van der Waals surface area (Å²) in [5, 5.41) is 4.72. The first-order valence-corrected chi connectivity index (χ1v) is 22.5. The third-order valence-electron chi connectivity index (χ3n) is 10.4. The van der Waals surface area contributed by atoms with Crippen molar-refractivity contribution < 1.29 is 9.47 Å². The first-order valence-electron chi connectivity index (χ1n) is 21.7. The van der Waals surface area contributed by atoms with Crippen LogP contribution in [0.1, 0.15) is 163 Å². The standard InChI is InChI=1S/C52H64O2S/c1-3-5-7-9-11-13-15-17-19-21-37-53-49-31-29-45-39-43(23-27-47(45)41-49)25-33-51-35-36-52(55-51)34-26-44-24-28-48-42-50(32-30-46(48)40-44)54-38-22-20-18-16-14-12-10-8-6-4-2/h23-24,27-32,35-36,39-42H,3-22,37-38H2,1-2H3. The molecular weight excluding hydrogens is 689 g/mol. The molecule has 1 heterocycles. The molecule has 0 aliphatic carbocycles. The van der Waals surface area contributed by atoms with Crippen molar-refractivity contribution in [3.8, 4) is 35.2 Å². The van der Waals surface area contributed by atoms with Crippen LogP contribution in [0.5, 0.6) is 11.5 Å². The molecule has 4 aromatic carbocycles. The maximum atomic E-state index is 6.09. The number of fused-ring (bicyclic) bond motifs is 2. The molecule has 1 aromatic heterocycles. The lowest BCUT2D eigenvalue weighted by Crippen LogP contribution is -1.97. The van der Waals surface area contributed by atoms with Crippen LogP contribution in [0, 0.1) is 23.7 Å². The fourth-order valence-corrected chi connectivity index (χ4v) is 7.79. The normalized spacial score (nSPS) is 10.9. The van der Waals surface area contributed by atoms with Crippen LogP contribution in [0.3, 0.4) is 0 Å². The zero-order valence-electron chi connectivity index (χ0n) is 33.9. The molecular formula is C52H64O2S. The van der Waals surface area contributed by atoms with Crippen molar-refractivity contribution in [3.05, 3.63) is 106 Å². The van der Waals surface area contributed by atoms with Crippen LogP contribution in [0.2, 0.25) is 0 Å². The highest BCUT2D eigenvalue weighted by Crippen LogP contribution is 2.25. The third-order valence-corrected chi connectivity index (χ3v) is 11.3. The van der Waals surface area contributed by atoms with Crippen LogP contribution in [0.15, 0.2) is 84.9 Å². The average Bonchev–Trinajstić information content (AvgIpc) is 3.68. The quantitative estimate of drug-likeness (QED) is 0.0462. The highest BCUT2D eigenvalue weighted by atomic mass is 32.1. The van der Waals surface area contributed by atoms with E-state index in [2.05, 4.69) is 122 Å². The molecule has 2 nitrogen and oxygen atoms in total. The Morgan fingerprint density at radius 2 is 0.709 bits per heavy atom. The fourth-order valence-electron chi connectivity index (χ4n) is 7.08. The van der Waals surface area contributed by atoms with E-state index in [1.54, 1.807) is 11.3 Å². The number of thiophene rings is 1. The Kier molecular flexibility index (Phi) is 19.1. The van der Waals surface area contributed by atoms with Crippen molar-refractivity contribution in [3.63, 3.8) is 0 Å². The second-order valence-electron chi connectivity index (χ2n) is 15.2. The molecule has 3 heteroatoms. The van der Waals surface area contributed by atoms with E-state index >= 15 is 0 Å². The Morgan fingerprint density at radius 3 is 1.11 bits per heavy atom. The number of benzene rings is 4. The van der Waals surface area contributed by atoms with E-state index in [0.717, 1.165) is 58.4 Å². The topological polar surface area (TPSA) is 18.5 Å². The largest absolute Gasteiger partial charge is 0.494 e. The molecule has 0 saturated heterocycles. The average molecular weight is 753 g/mol. The van der Waals surface area contributed by atoms with Crippen molar-refractivity contribution in [2.45, 2.75) is 142 Å². The monoisotopic (exact) mass is 752 g/mol. The molecule has 0 bridgehead atoms. The number of hydrogen-bond acceptors (Lipinski definition) is 3. The summed E-state index contributed by atoms with van der Waals surface area (Å²) in [7, 11) is 0. The van der Waals surface area contributed by atoms with Gasteiger partial charge in [0.25, 0.3) is 0 Å². The lowest BCUT2D eigenvalue weighted by Gasteiger charge is -2.08. The summed E-state index contributed by atoms with van der Waals surface area (Å²) in [6, 6.07) is 29.7. The predicted octanol–water partition coefficient (Wildman–Crippen LogP) is 15.5. The maximum absolute atomic E-state index is 6.09. The van der Waals surface area contributed by atoms with Crippen molar-refractivity contribution in [2.75, 3.05) is 13.2 Å². The van der Waals surface area contributed by atoms with Gasteiger partial charge in [0.2, 0.25) is 0 Å². The summed E-state index contributed by atoms with van der Waals surface area (Å²) >= 11 is 1.64. The van der Waals surface area contributed by atoms with Crippen LogP contribution in [-0.2, 0) is 0 Å². The second-order valence-corrected chi connectivity index (χ2v) is 16.3. The molecule has 0 unspecified atom stereocenters. The lowest BCUT2D eigenvalue weighted by molar-refractivity contribution is 0.304. The lowest BCUT2D eigenvalue weighted by atomic mass is 10.1. The summed E-state index contributed by atoms with van der Waals surface area (Å²) in [4.78, 5) is 2.04. The summed E-state index contributed by atoms with van der Waals surface area (Å²) in [5.74, 6) is 15.3. The van der Waals surface area contributed by atoms with Gasteiger partial charge in [-0.15, -0.1) is 11.3 Å². The molecule has 0 radical (unpaired) electrons. The van der Waals surface area contributed by atoms with Crippen LogP contribution >= 0.6 is 11.3 Å². The maximum Gasteiger partial charge on any atom is 0.119 e. The van der Waals surface area contributed by atoms with Gasteiger partial charge in [-0.25, -0.2) is 0 Å². The number of rotatable bonds is 24. The predicted molar refractivity (Wildman–Crippen MR) is 239 cm³/mol. The summed E-state index contributed by atoms with van der Waals surface area (Å²) in [5.41, 5.74) is 2.02. The van der Waals surface area contributed by atoms with Crippen molar-refractivity contribution in [1.82, 2.24) is 0 Å². The van der Waals surface area contributed by atoms with E-state index in [1.807, 2.05) is 0 Å². The highest BCUT2D eigenvalue weighted by Gasteiger charge is 2.03. The molecule has 0 aliphatic rings. The molecule has 290 valence electrons. The van der Waals surface area contributed by atoms with Crippen molar-refractivity contribution in [2.24, 2.45) is 0 Å². The Balaban J connectivity index is 1.02. The third kappa shape index (κ3) is 15.8. The summed E-state index contributed by atoms with van der Waals surface area (Å²) in [6.07, 6.45) is 26.7. The molecule has 0 saturated carbocycles. The highest BCUT2D eigenvalue weighted by molar-refractivity contribution is 7.13. The van der Waals surface area contributed by atoms with Gasteiger partial charge < -0.3 is 9.47 Å². The van der Waals surface area contributed by atoms with E-state index in [0.29, 0.717) is 0 Å². The minimum Gasteiger partial charge on any atom is -0.494 e. The van der Waals surface area contributed by atoms with E-state index in [-0.39, 0.29) is 0 Å². The second kappa shape index (κ2) is 25.1. The Morgan fingerprint density at radius 1 is 0.364 bits per heavy atom. The van der Waals surface area contributed by atoms with E-state index in [1.165, 1.54) is 137 Å². The van der Waals surface area contributed by atoms with E-state index in [4.69, 9.17) is 9.47 Å². The van der Waals surface area contributed by atoms with Crippen LogP contribution < -0.4 is 9.47 Å². The van der Waals surface area contributed by atoms with Crippen molar-refractivity contribution in [1.29, 1.82) is 0 Å². The number of hydrogen-bond donors (Lipinski definition) is 0. The Bertz CT molecular complexity index is 1840. The van der Waals surface area contributed by atoms with Gasteiger partial charge in [-0.2, -0.15) is 0 Å². The van der Waals surface area contributed by atoms with Gasteiger partial charge in [0, 0.05) is 11.1 Å². The van der Waals surface area contributed by atoms with Gasteiger partial charge in [-0.05, 0) is 95.1 Å². The smallest absolute Gasteiger partial charge is 0.119 e. The molecule has 55 heavy (non-hydrogen) atoms. The molecule has 0 spiro atoms. The van der Waals surface area contributed by atoms with Gasteiger partial charge in [0.05, 0.1) is 23.0 Å². The Labute approximate surface area is 337 Å². The van der Waals surface area contributed by atoms with Crippen LogP contribution in [0.4, 0.5) is 0 Å². The summed E-state index contributed by atoms with van der Waals surface area (Å²) < 4.78 is 12.2. The van der Waals surface area contributed by atoms with E-state index in [9.17, 15) is 0 Å². The molecule has 5 rings (SSSR count). The number of ether oxygens (including phenoxy) is 2. The number of unbranched alkanes of at least 4 members (excludes halogenated alkanes) is 18. The van der Waals surface area contributed by atoms with Gasteiger partial charge >= 0.3 is 0 Å². The van der Waals surface area contributed by atoms with Crippen LogP contribution in [0.25, 0.3) is 21.5 Å². The molecule has 0 N–H and O–H groups in total. The zero-order valence-corrected chi connectivity index (χ0v) is 34.7. The molecule has 0 amide bonds. The molecule has 0 fully saturated rings. The SMILES string of the molecule is CCCCCCCCCCCCOc1ccc2cc(C#Cc3ccc(C#Cc4ccc5cc(OCCCCCCCCCCCC)ccc5c4)s3)ccc2c1. The molecule has 5 aromatic rings. The minimum atomic E-state index is 0.789. The zero-order chi connectivity index (χ0) is 38.2. The first kappa shape index (κ1) is 42.0. The van der Waals surface area contributed by atoms with Crippen LogP contribution in [-0.4, -0.2) is 13.2 Å². The fraction of sp³-hybridized carbons (Fsp3) is 0.462. The Hall–Kier alpha value is -4.18. The first-order chi connectivity index (χ1) is 27.2. The van der Waals surface area contributed by atoms with Crippen molar-refractivity contribution >= 4 is 32.9 Å². The van der Waals surface area contributed by atoms with Gasteiger partial charge in [-0.1, -0.05) is 177 Å². The molecule has 0 atom stereocenters. The van der Waals surface area contributed by atoms with Gasteiger partial charge in [0.1, 0.15) is 11.5 Å². The molecule has 0 aliphatic heterocycles. The minimum absolute atomic E-state index is 0.789. The summed E-state index contributed by atoms with van der Waals surface area (Å²) in [6.45, 7) is 6.14.